The topological polar surface area (TPSA) is 78.9 Å². The number of carboxylic acid groups (broad SMARTS) is 1. The van der Waals surface area contributed by atoms with Crippen LogP contribution in [0.2, 0.25) is 0 Å². The summed E-state index contributed by atoms with van der Waals surface area (Å²) in [5.74, 6) is -0.908. The fourth-order valence-electron chi connectivity index (χ4n) is 3.37. The van der Waals surface area contributed by atoms with E-state index in [1.165, 1.54) is 4.90 Å². The van der Waals surface area contributed by atoms with E-state index < -0.39 is 12.0 Å². The summed E-state index contributed by atoms with van der Waals surface area (Å²) in [6, 6.07) is -0.918. The number of nitrogens with one attached hydrogen (secondary N) is 1. The van der Waals surface area contributed by atoms with Crippen molar-refractivity contribution in [2.45, 2.75) is 64.1 Å². The first kappa shape index (κ1) is 16.1. The normalized spacial score (nSPS) is 32.0. The van der Waals surface area contributed by atoms with Crippen LogP contribution in [0, 0.1) is 5.41 Å². The van der Waals surface area contributed by atoms with Crippen molar-refractivity contribution in [2.24, 2.45) is 5.41 Å². The highest BCUT2D eigenvalue weighted by Crippen LogP contribution is 2.42. The van der Waals surface area contributed by atoms with Crippen LogP contribution in [0.15, 0.2) is 0 Å². The summed E-state index contributed by atoms with van der Waals surface area (Å²) in [7, 11) is 1.68. The quantitative estimate of drug-likeness (QED) is 0.833. The molecule has 2 fully saturated rings. The Morgan fingerprint density at radius 2 is 2.00 bits per heavy atom. The molecule has 3 unspecified atom stereocenters. The number of urea groups is 1. The Kier molecular flexibility index (Phi) is 4.76. The zero-order valence-corrected chi connectivity index (χ0v) is 13.1. The number of carbonyl (C=O) groups excluding carboxylic acids is 1. The first-order valence-electron chi connectivity index (χ1n) is 7.70. The van der Waals surface area contributed by atoms with E-state index in [0.717, 1.165) is 25.7 Å². The fraction of sp³-hybridized carbons (Fsp3) is 0.867. The Morgan fingerprint density at radius 1 is 1.29 bits per heavy atom. The second-order valence-electron chi connectivity index (χ2n) is 6.68. The van der Waals surface area contributed by atoms with Gasteiger partial charge in [-0.3, -0.25) is 0 Å². The lowest BCUT2D eigenvalue weighted by molar-refractivity contribution is -0.142. The van der Waals surface area contributed by atoms with Gasteiger partial charge in [-0.1, -0.05) is 26.7 Å². The molecule has 1 heterocycles. The number of hydrogen-bond acceptors (Lipinski definition) is 3. The van der Waals surface area contributed by atoms with Gasteiger partial charge in [0.2, 0.25) is 0 Å². The molecule has 1 aliphatic heterocycles. The number of nitrogens with zero attached hydrogens (tertiary/aromatic N) is 1. The van der Waals surface area contributed by atoms with Crippen molar-refractivity contribution in [3.8, 4) is 0 Å². The number of hydrogen-bond donors (Lipinski definition) is 2. The van der Waals surface area contributed by atoms with Gasteiger partial charge in [-0.05, 0) is 19.3 Å². The van der Waals surface area contributed by atoms with Crippen LogP contribution < -0.4 is 5.32 Å². The molecule has 0 aromatic carbocycles. The minimum Gasteiger partial charge on any atom is -0.480 e. The molecule has 2 amide bonds. The van der Waals surface area contributed by atoms with E-state index in [1.54, 1.807) is 7.11 Å². The minimum absolute atomic E-state index is 0.0349. The van der Waals surface area contributed by atoms with Crippen LogP contribution in [-0.2, 0) is 9.53 Å². The lowest BCUT2D eigenvalue weighted by Crippen LogP contribution is -2.64. The minimum atomic E-state index is -0.908. The third-order valence-corrected chi connectivity index (χ3v) is 5.06. The van der Waals surface area contributed by atoms with E-state index in [1.807, 2.05) is 0 Å². The lowest BCUT2D eigenvalue weighted by atomic mass is 9.64. The van der Waals surface area contributed by atoms with Crippen molar-refractivity contribution in [1.29, 1.82) is 0 Å². The van der Waals surface area contributed by atoms with E-state index >= 15 is 0 Å². The summed E-state index contributed by atoms with van der Waals surface area (Å²) in [6.45, 7) is 4.64. The highest BCUT2D eigenvalue weighted by molar-refractivity contribution is 5.83. The van der Waals surface area contributed by atoms with E-state index in [9.17, 15) is 14.7 Å². The molecule has 21 heavy (non-hydrogen) atoms. The molecule has 0 aromatic rings. The van der Waals surface area contributed by atoms with Gasteiger partial charge in [0, 0.05) is 25.1 Å². The van der Waals surface area contributed by atoms with E-state index in [-0.39, 0.29) is 23.6 Å². The van der Waals surface area contributed by atoms with Crippen LogP contribution in [0.3, 0.4) is 0 Å². The third-order valence-electron chi connectivity index (χ3n) is 5.06. The number of aliphatic carboxylic acids is 1. The summed E-state index contributed by atoms with van der Waals surface area (Å²) < 4.78 is 5.38. The van der Waals surface area contributed by atoms with Crippen molar-refractivity contribution in [3.05, 3.63) is 0 Å². The van der Waals surface area contributed by atoms with Crippen LogP contribution in [0.5, 0.6) is 0 Å². The monoisotopic (exact) mass is 298 g/mol. The number of likely N-dealkylation sites (tertiary alicyclic amines) is 1. The summed E-state index contributed by atoms with van der Waals surface area (Å²) in [6.07, 6.45) is 4.17. The maximum Gasteiger partial charge on any atom is 0.326 e. The number of amides is 2. The summed E-state index contributed by atoms with van der Waals surface area (Å²) in [4.78, 5) is 25.3. The van der Waals surface area contributed by atoms with Crippen molar-refractivity contribution in [3.63, 3.8) is 0 Å². The van der Waals surface area contributed by atoms with Crippen LogP contribution in [-0.4, -0.2) is 53.8 Å². The lowest BCUT2D eigenvalue weighted by Gasteiger charge is -2.51. The molecule has 0 bridgehead atoms. The predicted molar refractivity (Wildman–Crippen MR) is 78.1 cm³/mol. The van der Waals surface area contributed by atoms with Crippen molar-refractivity contribution >= 4 is 12.0 Å². The van der Waals surface area contributed by atoms with Crippen molar-refractivity contribution in [1.82, 2.24) is 10.2 Å². The highest BCUT2D eigenvalue weighted by Gasteiger charge is 2.49. The second kappa shape index (κ2) is 6.22. The predicted octanol–water partition coefficient (Wildman–Crippen LogP) is 1.84. The zero-order valence-electron chi connectivity index (χ0n) is 13.1. The molecule has 0 radical (unpaired) electrons. The van der Waals surface area contributed by atoms with Crippen LogP contribution in [0.4, 0.5) is 4.79 Å². The average molecular weight is 298 g/mol. The van der Waals surface area contributed by atoms with Gasteiger partial charge in [-0.25, -0.2) is 9.59 Å². The van der Waals surface area contributed by atoms with Crippen molar-refractivity contribution in [2.75, 3.05) is 13.7 Å². The molecule has 2 rings (SSSR count). The first-order chi connectivity index (χ1) is 9.87. The van der Waals surface area contributed by atoms with Gasteiger partial charge in [0.05, 0.1) is 6.10 Å². The van der Waals surface area contributed by atoms with E-state index in [2.05, 4.69) is 19.2 Å². The van der Waals surface area contributed by atoms with Gasteiger partial charge in [-0.15, -0.1) is 0 Å². The molecule has 1 aliphatic carbocycles. The Labute approximate surface area is 125 Å². The van der Waals surface area contributed by atoms with Crippen molar-refractivity contribution < 1.29 is 19.4 Å². The SMILES string of the molecule is COC1CC(NC(=O)N2CCCCCC2C(=O)O)C1(C)C. The molecule has 120 valence electrons. The van der Waals surface area contributed by atoms with Gasteiger partial charge in [0.25, 0.3) is 0 Å². The van der Waals surface area contributed by atoms with E-state index in [0.29, 0.717) is 13.0 Å². The number of carbonyl (C=O) groups is 2. The summed E-state index contributed by atoms with van der Waals surface area (Å²) in [5.41, 5.74) is -0.116. The number of methoxy groups -OCH3 is 1. The molecule has 0 aromatic heterocycles. The van der Waals surface area contributed by atoms with Gasteiger partial charge in [-0.2, -0.15) is 0 Å². The van der Waals surface area contributed by atoms with Gasteiger partial charge >= 0.3 is 12.0 Å². The van der Waals surface area contributed by atoms with Gasteiger partial charge in [0.15, 0.2) is 0 Å². The first-order valence-corrected chi connectivity index (χ1v) is 7.70. The fourth-order valence-corrected chi connectivity index (χ4v) is 3.37. The molecular weight excluding hydrogens is 272 g/mol. The molecule has 2 aliphatic rings. The second-order valence-corrected chi connectivity index (χ2v) is 6.68. The molecule has 1 saturated carbocycles. The van der Waals surface area contributed by atoms with Crippen LogP contribution in [0.1, 0.15) is 46.0 Å². The Balaban J connectivity index is 2.00. The molecule has 1 saturated heterocycles. The largest absolute Gasteiger partial charge is 0.480 e. The number of ether oxygens (including phenoxy) is 1. The summed E-state index contributed by atoms with van der Waals surface area (Å²) in [5, 5.41) is 12.3. The Hall–Kier alpha value is -1.30. The molecule has 6 nitrogen and oxygen atoms in total. The molecule has 2 N–H and O–H groups in total. The Bertz CT molecular complexity index is 410. The maximum absolute atomic E-state index is 12.5. The average Bonchev–Trinajstić information content (AvgIpc) is 2.68. The third kappa shape index (κ3) is 3.15. The molecule has 6 heteroatoms. The zero-order chi connectivity index (χ0) is 15.6. The van der Waals surface area contributed by atoms with Crippen LogP contribution in [0.25, 0.3) is 0 Å². The number of carboxylic acids is 1. The highest BCUT2D eigenvalue weighted by atomic mass is 16.5. The maximum atomic E-state index is 12.5. The van der Waals surface area contributed by atoms with Crippen LogP contribution >= 0.6 is 0 Å². The van der Waals surface area contributed by atoms with Gasteiger partial charge < -0.3 is 20.1 Å². The molecule has 3 atom stereocenters. The number of rotatable bonds is 3. The smallest absolute Gasteiger partial charge is 0.326 e. The Morgan fingerprint density at radius 3 is 2.57 bits per heavy atom. The van der Waals surface area contributed by atoms with E-state index in [4.69, 9.17) is 4.74 Å². The van der Waals surface area contributed by atoms with Gasteiger partial charge in [0.1, 0.15) is 6.04 Å². The molecule has 0 spiro atoms. The summed E-state index contributed by atoms with van der Waals surface area (Å²) >= 11 is 0. The standard InChI is InChI=1S/C15H26N2O4/c1-15(2)11(9-12(15)21-3)16-14(20)17-8-6-4-5-7-10(17)13(18)19/h10-12H,4-9H2,1-3H3,(H,16,20)(H,18,19). The molecular formula is C15H26N2O4.